The van der Waals surface area contributed by atoms with Crippen LogP contribution in [0.25, 0.3) is 6.08 Å². The van der Waals surface area contributed by atoms with Gasteiger partial charge in [-0.2, -0.15) is 0 Å². The minimum absolute atomic E-state index is 0.264. The Kier molecular flexibility index (Phi) is 6.35. The van der Waals surface area contributed by atoms with E-state index in [-0.39, 0.29) is 11.8 Å². The van der Waals surface area contributed by atoms with Crippen LogP contribution < -0.4 is 10.1 Å². The smallest absolute Gasteiger partial charge is 0.290 e. The van der Waals surface area contributed by atoms with Crippen molar-refractivity contribution < 1.29 is 14.3 Å². The lowest BCUT2D eigenvalue weighted by molar-refractivity contribution is -0.115. The average Bonchev–Trinajstić information content (AvgIpc) is 2.86. The molecule has 1 fully saturated rings. The van der Waals surface area contributed by atoms with Gasteiger partial charge in [0.2, 0.25) is 0 Å². The van der Waals surface area contributed by atoms with Gasteiger partial charge < -0.3 is 4.74 Å². The number of imide groups is 1. The van der Waals surface area contributed by atoms with Gasteiger partial charge in [0.05, 0.1) is 13.9 Å². The van der Waals surface area contributed by atoms with Gasteiger partial charge in [-0.05, 0) is 79.5 Å². The fourth-order valence-electron chi connectivity index (χ4n) is 2.16. The summed E-state index contributed by atoms with van der Waals surface area (Å²) in [5.74, 6) is 0.197. The number of thioether (sulfide) groups is 1. The molecule has 3 rings (SSSR count). The highest BCUT2D eigenvalue weighted by Gasteiger charge is 2.25. The van der Waals surface area contributed by atoms with Gasteiger partial charge in [0, 0.05) is 15.6 Å². The zero-order valence-corrected chi connectivity index (χ0v) is 18.3. The summed E-state index contributed by atoms with van der Waals surface area (Å²) in [5.41, 5.74) is 1.55. The van der Waals surface area contributed by atoms with E-state index in [1.807, 2.05) is 0 Å². The van der Waals surface area contributed by atoms with E-state index >= 15 is 0 Å². The number of amides is 2. The predicted molar refractivity (Wildman–Crippen MR) is 112 cm³/mol. The summed E-state index contributed by atoms with van der Waals surface area (Å²) in [4.78, 5) is 23.2. The third-order valence-electron chi connectivity index (χ3n) is 3.35. The van der Waals surface area contributed by atoms with Crippen molar-refractivity contribution in [2.24, 2.45) is 0 Å². The van der Waals surface area contributed by atoms with E-state index in [1.54, 1.807) is 36.4 Å². The maximum absolute atomic E-state index is 11.6. The van der Waals surface area contributed by atoms with Crippen LogP contribution in [0.2, 0.25) is 10.0 Å². The molecule has 0 spiro atoms. The van der Waals surface area contributed by atoms with Crippen molar-refractivity contribution >= 4 is 84.0 Å². The van der Waals surface area contributed by atoms with Crippen molar-refractivity contribution in [1.29, 1.82) is 0 Å². The van der Waals surface area contributed by atoms with E-state index in [9.17, 15) is 9.59 Å². The number of hydrogen-bond acceptors (Lipinski definition) is 4. The van der Waals surface area contributed by atoms with E-state index in [2.05, 4.69) is 37.2 Å². The van der Waals surface area contributed by atoms with E-state index in [1.165, 1.54) is 0 Å². The predicted octanol–water partition coefficient (Wildman–Crippen LogP) is 6.42. The highest BCUT2D eigenvalue weighted by molar-refractivity contribution is 9.11. The van der Waals surface area contributed by atoms with Crippen molar-refractivity contribution in [3.05, 3.63) is 65.4 Å². The molecule has 2 aromatic rings. The highest BCUT2D eigenvalue weighted by Crippen LogP contribution is 2.37. The summed E-state index contributed by atoms with van der Waals surface area (Å²) in [5, 5.41) is 2.94. The largest absolute Gasteiger partial charge is 0.486 e. The van der Waals surface area contributed by atoms with Gasteiger partial charge >= 0.3 is 0 Å². The second-order valence-corrected chi connectivity index (χ2v) is 8.76. The SMILES string of the molecule is O=C1NC(=O)/C(=C/c2cc(Br)c(OCc3ccc(Cl)cc3Cl)c(Br)c2)S1. The molecule has 4 nitrogen and oxygen atoms in total. The molecule has 0 saturated carbocycles. The van der Waals surface area contributed by atoms with Gasteiger partial charge in [0.1, 0.15) is 12.4 Å². The topological polar surface area (TPSA) is 55.4 Å². The molecule has 2 amide bonds. The molecule has 0 aromatic heterocycles. The lowest BCUT2D eigenvalue weighted by Crippen LogP contribution is -2.17. The summed E-state index contributed by atoms with van der Waals surface area (Å²) in [6.45, 7) is 0.264. The van der Waals surface area contributed by atoms with Crippen LogP contribution in [0.1, 0.15) is 11.1 Å². The standard InChI is InChI=1S/C17H9Br2Cl2NO3S/c18-11-3-8(5-14-16(23)22-17(24)26-14)4-12(19)15(11)25-7-9-1-2-10(20)6-13(9)21/h1-6H,7H2,(H,22,23,24)/b14-5-. The second-order valence-electron chi connectivity index (χ2n) is 5.19. The molecule has 1 heterocycles. The van der Waals surface area contributed by atoms with Gasteiger partial charge in [-0.15, -0.1) is 0 Å². The van der Waals surface area contributed by atoms with Crippen molar-refractivity contribution in [2.45, 2.75) is 6.61 Å². The first-order chi connectivity index (χ1) is 12.3. The first kappa shape index (κ1) is 19.8. The zero-order chi connectivity index (χ0) is 18.8. The Morgan fingerprint density at radius 3 is 2.38 bits per heavy atom. The number of halogens is 4. The molecule has 1 aliphatic rings. The Labute approximate surface area is 180 Å². The van der Waals surface area contributed by atoms with E-state index in [0.717, 1.165) is 22.9 Å². The Morgan fingerprint density at radius 2 is 1.81 bits per heavy atom. The minimum atomic E-state index is -0.398. The lowest BCUT2D eigenvalue weighted by Gasteiger charge is -2.12. The fourth-order valence-corrected chi connectivity index (χ4v) is 4.76. The van der Waals surface area contributed by atoms with Crippen molar-refractivity contribution in [2.75, 3.05) is 0 Å². The molecule has 9 heteroatoms. The molecule has 0 unspecified atom stereocenters. The quantitative estimate of drug-likeness (QED) is 0.457. The Morgan fingerprint density at radius 1 is 1.12 bits per heavy atom. The molecule has 26 heavy (non-hydrogen) atoms. The van der Waals surface area contributed by atoms with Gasteiger partial charge in [0.15, 0.2) is 0 Å². The summed E-state index contributed by atoms with van der Waals surface area (Å²) in [6, 6.07) is 8.81. The third kappa shape index (κ3) is 4.64. The normalized spacial score (nSPS) is 15.5. The van der Waals surface area contributed by atoms with E-state index < -0.39 is 5.91 Å². The number of nitrogens with one attached hydrogen (secondary N) is 1. The molecule has 134 valence electrons. The van der Waals surface area contributed by atoms with Crippen LogP contribution in [-0.4, -0.2) is 11.1 Å². The highest BCUT2D eigenvalue weighted by atomic mass is 79.9. The number of hydrogen-bond donors (Lipinski definition) is 1. The molecule has 1 saturated heterocycles. The van der Waals surface area contributed by atoms with E-state index in [4.69, 9.17) is 27.9 Å². The molecule has 1 aliphatic heterocycles. The first-order valence-electron chi connectivity index (χ1n) is 7.14. The van der Waals surface area contributed by atoms with Crippen molar-refractivity contribution in [3.8, 4) is 5.75 Å². The van der Waals surface area contributed by atoms with Crippen LogP contribution >= 0.6 is 66.8 Å². The molecule has 0 aliphatic carbocycles. The summed E-state index contributed by atoms with van der Waals surface area (Å²) in [6.07, 6.45) is 1.64. The van der Waals surface area contributed by atoms with Gasteiger partial charge in [0.25, 0.3) is 11.1 Å². The number of carbonyl (C=O) groups excluding carboxylic acids is 2. The number of ether oxygens (including phenoxy) is 1. The molecule has 0 radical (unpaired) electrons. The maximum atomic E-state index is 11.6. The molecule has 0 atom stereocenters. The Hall–Kier alpha value is -0.990. The first-order valence-corrected chi connectivity index (χ1v) is 10.3. The van der Waals surface area contributed by atoms with Crippen molar-refractivity contribution in [1.82, 2.24) is 5.32 Å². The molecular formula is C17H9Br2Cl2NO3S. The van der Waals surface area contributed by atoms with Gasteiger partial charge in [-0.3, -0.25) is 14.9 Å². The zero-order valence-electron chi connectivity index (χ0n) is 12.8. The van der Waals surface area contributed by atoms with Crippen LogP contribution in [0.3, 0.4) is 0 Å². The van der Waals surface area contributed by atoms with Crippen LogP contribution in [-0.2, 0) is 11.4 Å². The Balaban J connectivity index is 1.80. The van der Waals surface area contributed by atoms with E-state index in [0.29, 0.717) is 29.6 Å². The number of rotatable bonds is 4. The molecule has 0 bridgehead atoms. The van der Waals surface area contributed by atoms with Crippen LogP contribution in [0.5, 0.6) is 5.75 Å². The Bertz CT molecular complexity index is 927. The number of carbonyl (C=O) groups is 2. The minimum Gasteiger partial charge on any atom is -0.486 e. The summed E-state index contributed by atoms with van der Waals surface area (Å²) >= 11 is 19.9. The van der Waals surface area contributed by atoms with Crippen LogP contribution in [0, 0.1) is 0 Å². The molecular weight excluding hydrogens is 529 g/mol. The summed E-state index contributed by atoms with van der Waals surface area (Å²) in [7, 11) is 0. The lowest BCUT2D eigenvalue weighted by atomic mass is 10.2. The number of benzene rings is 2. The van der Waals surface area contributed by atoms with Crippen LogP contribution in [0.4, 0.5) is 4.79 Å². The third-order valence-corrected chi connectivity index (χ3v) is 5.92. The monoisotopic (exact) mass is 535 g/mol. The van der Waals surface area contributed by atoms with Gasteiger partial charge in [-0.1, -0.05) is 29.3 Å². The van der Waals surface area contributed by atoms with Crippen molar-refractivity contribution in [3.63, 3.8) is 0 Å². The fraction of sp³-hybridized carbons (Fsp3) is 0.0588. The second kappa shape index (κ2) is 8.35. The summed E-state index contributed by atoms with van der Waals surface area (Å²) < 4.78 is 7.24. The van der Waals surface area contributed by atoms with Gasteiger partial charge in [-0.25, -0.2) is 0 Å². The molecule has 2 aromatic carbocycles. The average molecular weight is 538 g/mol. The molecule has 1 N–H and O–H groups in total. The maximum Gasteiger partial charge on any atom is 0.290 e. The van der Waals surface area contributed by atoms with Crippen LogP contribution in [0.15, 0.2) is 44.2 Å².